The van der Waals surface area contributed by atoms with Gasteiger partial charge in [0, 0.05) is 11.1 Å². The minimum Gasteiger partial charge on any atom is -0.493 e. The molecule has 1 amide bonds. The second-order valence-electron chi connectivity index (χ2n) is 7.92. The highest BCUT2D eigenvalue weighted by Gasteiger charge is 2.17. The van der Waals surface area contributed by atoms with Crippen LogP contribution in [0.2, 0.25) is 0 Å². The van der Waals surface area contributed by atoms with Crippen molar-refractivity contribution in [2.75, 3.05) is 21.0 Å². The van der Waals surface area contributed by atoms with Gasteiger partial charge >= 0.3 is 5.97 Å². The van der Waals surface area contributed by atoms with E-state index in [1.54, 1.807) is 42.5 Å². The predicted molar refractivity (Wildman–Crippen MR) is 136 cm³/mol. The van der Waals surface area contributed by atoms with Crippen LogP contribution in [0.5, 0.6) is 28.7 Å². The molecule has 4 aromatic carbocycles. The fourth-order valence-corrected chi connectivity index (χ4v) is 3.88. The minimum absolute atomic E-state index is 0.116. The third-order valence-electron chi connectivity index (χ3n) is 5.75. The maximum Gasteiger partial charge on any atom is 0.343 e. The molecule has 0 radical (unpaired) electrons. The number of rotatable bonds is 7. The Labute approximate surface area is 212 Å². The number of hydrogen-bond acceptors (Lipinski definition) is 8. The van der Waals surface area contributed by atoms with Crippen LogP contribution in [0.25, 0.3) is 10.8 Å². The van der Waals surface area contributed by atoms with Gasteiger partial charge in [0.1, 0.15) is 5.75 Å². The van der Waals surface area contributed by atoms with Crippen LogP contribution in [-0.2, 0) is 0 Å². The Kier molecular flexibility index (Phi) is 6.58. The molecule has 1 aliphatic heterocycles. The van der Waals surface area contributed by atoms with Gasteiger partial charge in [-0.3, -0.25) is 4.79 Å². The number of ether oxygens (including phenoxy) is 5. The molecule has 0 saturated carbocycles. The fraction of sp³-hybridized carbons (Fsp3) is 0.107. The lowest BCUT2D eigenvalue weighted by Gasteiger charge is -2.12. The van der Waals surface area contributed by atoms with E-state index in [0.29, 0.717) is 34.1 Å². The molecule has 9 heteroatoms. The van der Waals surface area contributed by atoms with Crippen molar-refractivity contribution in [3.05, 3.63) is 89.5 Å². The maximum atomic E-state index is 13.0. The van der Waals surface area contributed by atoms with E-state index >= 15 is 0 Å². The summed E-state index contributed by atoms with van der Waals surface area (Å²) in [5.74, 6) is 1.24. The van der Waals surface area contributed by atoms with E-state index in [1.807, 2.05) is 30.3 Å². The standard InChI is InChI=1S/C28H22N2O7/c1-33-23-11-9-19(14-25(23)34-2)28(32)37-22-10-7-17-5-3-4-6-20(17)21(22)15-29-30-27(31)18-8-12-24-26(13-18)36-16-35-24/h3-15H,16H2,1-2H3,(H,30,31). The maximum absolute atomic E-state index is 13.0. The average molecular weight is 498 g/mol. The smallest absolute Gasteiger partial charge is 0.343 e. The van der Waals surface area contributed by atoms with E-state index < -0.39 is 11.9 Å². The van der Waals surface area contributed by atoms with Crippen molar-refractivity contribution >= 4 is 28.9 Å². The summed E-state index contributed by atoms with van der Waals surface area (Å²) in [6.45, 7) is 0.116. The molecule has 0 bridgehead atoms. The molecule has 0 aliphatic carbocycles. The fourth-order valence-electron chi connectivity index (χ4n) is 3.88. The molecule has 0 spiro atoms. The summed E-state index contributed by atoms with van der Waals surface area (Å²) in [7, 11) is 3.00. The molecule has 5 rings (SSSR count). The Morgan fingerprint density at radius 1 is 0.838 bits per heavy atom. The topological polar surface area (TPSA) is 105 Å². The van der Waals surface area contributed by atoms with Crippen molar-refractivity contribution in [1.82, 2.24) is 5.43 Å². The van der Waals surface area contributed by atoms with E-state index in [2.05, 4.69) is 10.5 Å². The molecule has 0 atom stereocenters. The summed E-state index contributed by atoms with van der Waals surface area (Å²) in [5.41, 5.74) is 3.68. The monoisotopic (exact) mass is 498 g/mol. The SMILES string of the molecule is COc1ccc(C(=O)Oc2ccc3ccccc3c2C=NNC(=O)c2ccc3c(c2)OCO3)cc1OC. The Morgan fingerprint density at radius 2 is 1.59 bits per heavy atom. The summed E-state index contributed by atoms with van der Waals surface area (Å²) in [4.78, 5) is 25.6. The zero-order chi connectivity index (χ0) is 25.8. The molecule has 0 saturated heterocycles. The third kappa shape index (κ3) is 4.87. The molecule has 0 unspecified atom stereocenters. The summed E-state index contributed by atoms with van der Waals surface area (Å²) in [5, 5.41) is 5.83. The lowest BCUT2D eigenvalue weighted by Crippen LogP contribution is -2.17. The van der Waals surface area contributed by atoms with E-state index in [9.17, 15) is 9.59 Å². The number of nitrogens with zero attached hydrogens (tertiary/aromatic N) is 1. The number of amides is 1. The van der Waals surface area contributed by atoms with Crippen molar-refractivity contribution in [3.8, 4) is 28.7 Å². The van der Waals surface area contributed by atoms with Gasteiger partial charge in [-0.05, 0) is 53.2 Å². The number of benzene rings is 4. The Morgan fingerprint density at radius 3 is 2.43 bits per heavy atom. The molecule has 9 nitrogen and oxygen atoms in total. The Balaban J connectivity index is 1.41. The Bertz CT molecular complexity index is 1530. The quantitative estimate of drug-likeness (QED) is 0.172. The largest absolute Gasteiger partial charge is 0.493 e. The first-order chi connectivity index (χ1) is 18.1. The zero-order valence-electron chi connectivity index (χ0n) is 20.0. The molecule has 1 aliphatic rings. The van der Waals surface area contributed by atoms with Crippen molar-refractivity contribution in [2.24, 2.45) is 5.10 Å². The second kappa shape index (κ2) is 10.3. The number of carbonyl (C=O) groups excluding carboxylic acids is 2. The molecular weight excluding hydrogens is 476 g/mol. The first-order valence-electron chi connectivity index (χ1n) is 11.3. The van der Waals surface area contributed by atoms with Gasteiger partial charge in [-0.1, -0.05) is 30.3 Å². The summed E-state index contributed by atoms with van der Waals surface area (Å²) >= 11 is 0. The Hall–Kier alpha value is -5.05. The van der Waals surface area contributed by atoms with Crippen LogP contribution in [0.1, 0.15) is 26.3 Å². The number of nitrogens with one attached hydrogen (secondary N) is 1. The van der Waals surface area contributed by atoms with Crippen LogP contribution < -0.4 is 29.1 Å². The number of hydrogen-bond donors (Lipinski definition) is 1. The molecule has 4 aromatic rings. The van der Waals surface area contributed by atoms with E-state index in [0.717, 1.165) is 10.8 Å². The zero-order valence-corrected chi connectivity index (χ0v) is 20.0. The lowest BCUT2D eigenvalue weighted by atomic mass is 10.0. The average Bonchev–Trinajstić information content (AvgIpc) is 3.41. The summed E-state index contributed by atoms with van der Waals surface area (Å²) in [6, 6.07) is 20.7. The highest BCUT2D eigenvalue weighted by atomic mass is 16.7. The normalized spacial score (nSPS) is 11.9. The van der Waals surface area contributed by atoms with Gasteiger partial charge in [0.05, 0.1) is 26.0 Å². The van der Waals surface area contributed by atoms with Gasteiger partial charge in [-0.15, -0.1) is 0 Å². The molecule has 0 aromatic heterocycles. The second-order valence-corrected chi connectivity index (χ2v) is 7.92. The predicted octanol–water partition coefficient (Wildman–Crippen LogP) is 4.57. The molecule has 0 fully saturated rings. The highest BCUT2D eigenvalue weighted by Crippen LogP contribution is 2.33. The van der Waals surface area contributed by atoms with Gasteiger partial charge in [0.2, 0.25) is 6.79 Å². The molecule has 1 heterocycles. The first-order valence-corrected chi connectivity index (χ1v) is 11.3. The first kappa shape index (κ1) is 23.7. The number of hydrazone groups is 1. The number of fused-ring (bicyclic) bond motifs is 2. The van der Waals surface area contributed by atoms with Crippen molar-refractivity contribution < 1.29 is 33.3 Å². The van der Waals surface area contributed by atoms with Gasteiger partial charge in [0.15, 0.2) is 23.0 Å². The van der Waals surface area contributed by atoms with Crippen LogP contribution in [0, 0.1) is 0 Å². The van der Waals surface area contributed by atoms with Gasteiger partial charge in [0.25, 0.3) is 5.91 Å². The van der Waals surface area contributed by atoms with Crippen LogP contribution in [0.15, 0.2) is 77.9 Å². The van der Waals surface area contributed by atoms with E-state index in [-0.39, 0.29) is 18.1 Å². The number of esters is 1. The van der Waals surface area contributed by atoms with Crippen molar-refractivity contribution in [1.29, 1.82) is 0 Å². The lowest BCUT2D eigenvalue weighted by molar-refractivity contribution is 0.0734. The number of methoxy groups -OCH3 is 2. The van der Waals surface area contributed by atoms with Crippen molar-refractivity contribution in [2.45, 2.75) is 0 Å². The van der Waals surface area contributed by atoms with Gasteiger partial charge in [-0.2, -0.15) is 5.10 Å². The van der Waals surface area contributed by atoms with Crippen LogP contribution in [-0.4, -0.2) is 39.1 Å². The summed E-state index contributed by atoms with van der Waals surface area (Å²) < 4.78 is 26.9. The van der Waals surface area contributed by atoms with E-state index in [4.69, 9.17) is 23.7 Å². The number of carbonyl (C=O) groups is 2. The molecule has 37 heavy (non-hydrogen) atoms. The van der Waals surface area contributed by atoms with Crippen LogP contribution in [0.3, 0.4) is 0 Å². The van der Waals surface area contributed by atoms with Crippen LogP contribution in [0.4, 0.5) is 0 Å². The molecule has 186 valence electrons. The van der Waals surface area contributed by atoms with E-state index in [1.165, 1.54) is 20.4 Å². The highest BCUT2D eigenvalue weighted by molar-refractivity contribution is 6.04. The minimum atomic E-state index is -0.588. The molecular formula is C28H22N2O7. The van der Waals surface area contributed by atoms with Crippen LogP contribution >= 0.6 is 0 Å². The van der Waals surface area contributed by atoms with Crippen molar-refractivity contribution in [3.63, 3.8) is 0 Å². The third-order valence-corrected chi connectivity index (χ3v) is 5.75. The van der Waals surface area contributed by atoms with Gasteiger partial charge in [-0.25, -0.2) is 10.2 Å². The molecule has 1 N–H and O–H groups in total. The van der Waals surface area contributed by atoms with Gasteiger partial charge < -0.3 is 23.7 Å². The summed E-state index contributed by atoms with van der Waals surface area (Å²) in [6.07, 6.45) is 1.45.